The molecule has 0 radical (unpaired) electrons. The van der Waals surface area contributed by atoms with Gasteiger partial charge in [0.15, 0.2) is 0 Å². The maximum absolute atomic E-state index is 12.7. The quantitative estimate of drug-likeness (QED) is 0.315. The molecule has 0 N–H and O–H groups in total. The number of fused-ring (bicyclic) bond motifs is 1. The van der Waals surface area contributed by atoms with E-state index < -0.39 is 5.63 Å². The number of ether oxygens (including phenoxy) is 3. The minimum Gasteiger partial charge on any atom is -0.497 e. The zero-order chi connectivity index (χ0) is 22.0. The number of rotatable bonds is 6. The van der Waals surface area contributed by atoms with Gasteiger partial charge in [-0.25, -0.2) is 4.79 Å². The number of hydrogen-bond acceptors (Lipinski definition) is 5. The monoisotopic (exact) mass is 456 g/mol. The van der Waals surface area contributed by atoms with Gasteiger partial charge in [-0.2, -0.15) is 0 Å². The molecule has 1 heterocycles. The molecule has 0 saturated heterocycles. The van der Waals surface area contributed by atoms with Crippen LogP contribution < -0.4 is 19.8 Å². The molecule has 0 aliphatic carbocycles. The summed E-state index contributed by atoms with van der Waals surface area (Å²) in [5.41, 5.74) is 1.56. The fraction of sp³-hybridized carbons (Fsp3) is 0.125. The third-order valence-electron chi connectivity index (χ3n) is 4.85. The Morgan fingerprint density at radius 3 is 2.29 bits per heavy atom. The molecule has 0 spiro atoms. The second kappa shape index (κ2) is 8.92. The van der Waals surface area contributed by atoms with Crippen LogP contribution in [0.2, 0.25) is 10.0 Å². The van der Waals surface area contributed by atoms with Gasteiger partial charge in [-0.05, 0) is 48.5 Å². The molecule has 0 amide bonds. The van der Waals surface area contributed by atoms with Gasteiger partial charge < -0.3 is 18.6 Å². The van der Waals surface area contributed by atoms with Gasteiger partial charge in [-0.3, -0.25) is 0 Å². The Hall–Kier alpha value is -3.15. The van der Waals surface area contributed by atoms with Crippen LogP contribution in [0.3, 0.4) is 0 Å². The zero-order valence-corrected chi connectivity index (χ0v) is 18.3. The van der Waals surface area contributed by atoms with Crippen LogP contribution in [0.5, 0.6) is 17.2 Å². The summed E-state index contributed by atoms with van der Waals surface area (Å²) in [6, 6.07) is 17.5. The summed E-state index contributed by atoms with van der Waals surface area (Å²) < 4.78 is 22.1. The minimum absolute atomic E-state index is 0.188. The highest BCUT2D eigenvalue weighted by atomic mass is 35.5. The van der Waals surface area contributed by atoms with Crippen LogP contribution in [0.4, 0.5) is 0 Å². The summed E-state index contributed by atoms with van der Waals surface area (Å²) in [4.78, 5) is 12.7. The van der Waals surface area contributed by atoms with E-state index in [1.165, 1.54) is 0 Å². The summed E-state index contributed by atoms with van der Waals surface area (Å²) in [5, 5.41) is 1.79. The van der Waals surface area contributed by atoms with E-state index in [9.17, 15) is 4.79 Å². The Morgan fingerprint density at radius 1 is 0.839 bits per heavy atom. The van der Waals surface area contributed by atoms with Gasteiger partial charge in [0.2, 0.25) is 0 Å². The Balaban J connectivity index is 1.68. The predicted molar refractivity (Wildman–Crippen MR) is 122 cm³/mol. The maximum atomic E-state index is 12.7. The molecule has 7 heteroatoms. The molecule has 158 valence electrons. The highest BCUT2D eigenvalue weighted by Gasteiger charge is 2.15. The van der Waals surface area contributed by atoms with E-state index >= 15 is 0 Å². The Bertz CT molecular complexity index is 1290. The highest BCUT2D eigenvalue weighted by molar-refractivity contribution is 6.35. The fourth-order valence-electron chi connectivity index (χ4n) is 3.22. The van der Waals surface area contributed by atoms with Gasteiger partial charge in [0.1, 0.15) is 29.4 Å². The summed E-state index contributed by atoms with van der Waals surface area (Å²) in [6.07, 6.45) is 0. The van der Waals surface area contributed by atoms with E-state index in [0.717, 1.165) is 5.39 Å². The summed E-state index contributed by atoms with van der Waals surface area (Å²) in [7, 11) is 3.11. The van der Waals surface area contributed by atoms with Gasteiger partial charge in [0.05, 0.1) is 19.8 Å². The van der Waals surface area contributed by atoms with Crippen LogP contribution >= 0.6 is 23.2 Å². The van der Waals surface area contributed by atoms with Crippen molar-refractivity contribution in [2.24, 2.45) is 0 Å². The molecule has 0 saturated carbocycles. The maximum Gasteiger partial charge on any atom is 0.344 e. The molecular weight excluding hydrogens is 439 g/mol. The first-order valence-electron chi connectivity index (χ1n) is 9.36. The van der Waals surface area contributed by atoms with Crippen molar-refractivity contribution < 1.29 is 18.6 Å². The molecule has 0 unspecified atom stereocenters. The Kier molecular flexibility index (Phi) is 6.07. The first-order chi connectivity index (χ1) is 15.0. The first kappa shape index (κ1) is 21.1. The standard InChI is InChI=1S/C24H18Cl2O5/c1-28-15-8-9-22(29-2)17(11-15)18-10-14-6-7-16(12-23(14)31-24(18)27)30-13-19-20(25)4-3-5-21(19)26/h3-12H,13H2,1-2H3. The molecule has 5 nitrogen and oxygen atoms in total. The van der Waals surface area contributed by atoms with Crippen LogP contribution in [-0.2, 0) is 6.61 Å². The molecule has 0 bridgehead atoms. The zero-order valence-electron chi connectivity index (χ0n) is 16.8. The van der Waals surface area contributed by atoms with Crippen LogP contribution in [0, 0.1) is 0 Å². The molecule has 0 atom stereocenters. The van der Waals surface area contributed by atoms with Crippen molar-refractivity contribution in [1.29, 1.82) is 0 Å². The van der Waals surface area contributed by atoms with Crippen molar-refractivity contribution in [3.8, 4) is 28.4 Å². The lowest BCUT2D eigenvalue weighted by molar-refractivity contribution is 0.306. The van der Waals surface area contributed by atoms with Gasteiger partial charge in [0, 0.05) is 32.6 Å². The normalized spacial score (nSPS) is 10.8. The van der Waals surface area contributed by atoms with Crippen molar-refractivity contribution in [2.75, 3.05) is 14.2 Å². The third-order valence-corrected chi connectivity index (χ3v) is 5.56. The highest BCUT2D eigenvalue weighted by Crippen LogP contribution is 2.34. The SMILES string of the molecule is COc1ccc(OC)c(-c2cc3ccc(OCc4c(Cl)cccc4Cl)cc3oc2=O)c1. The average molecular weight is 457 g/mol. The van der Waals surface area contributed by atoms with Crippen molar-refractivity contribution in [3.63, 3.8) is 0 Å². The summed E-state index contributed by atoms with van der Waals surface area (Å²) in [5.74, 6) is 1.68. The van der Waals surface area contributed by atoms with Gasteiger partial charge >= 0.3 is 5.63 Å². The summed E-state index contributed by atoms with van der Waals surface area (Å²) >= 11 is 12.4. The number of halogens is 2. The minimum atomic E-state index is -0.495. The lowest BCUT2D eigenvalue weighted by Crippen LogP contribution is -2.04. The van der Waals surface area contributed by atoms with Crippen molar-refractivity contribution in [1.82, 2.24) is 0 Å². The smallest absolute Gasteiger partial charge is 0.344 e. The number of benzene rings is 3. The number of hydrogen-bond donors (Lipinski definition) is 0. The van der Waals surface area contributed by atoms with Crippen LogP contribution in [-0.4, -0.2) is 14.2 Å². The Labute approximate surface area is 188 Å². The lowest BCUT2D eigenvalue weighted by Gasteiger charge is -2.11. The molecule has 4 rings (SSSR count). The second-order valence-electron chi connectivity index (χ2n) is 6.70. The second-order valence-corrected chi connectivity index (χ2v) is 7.52. The predicted octanol–water partition coefficient (Wildman–Crippen LogP) is 6.36. The largest absolute Gasteiger partial charge is 0.497 e. The topological polar surface area (TPSA) is 57.9 Å². The summed E-state index contributed by atoms with van der Waals surface area (Å²) in [6.45, 7) is 0.188. The Morgan fingerprint density at radius 2 is 1.58 bits per heavy atom. The van der Waals surface area contributed by atoms with Gasteiger partial charge in [-0.15, -0.1) is 0 Å². The molecule has 31 heavy (non-hydrogen) atoms. The lowest BCUT2D eigenvalue weighted by atomic mass is 10.0. The third kappa shape index (κ3) is 4.33. The molecule has 1 aromatic heterocycles. The van der Waals surface area contributed by atoms with E-state index in [0.29, 0.717) is 49.6 Å². The van der Waals surface area contributed by atoms with Crippen LogP contribution in [0.15, 0.2) is 69.9 Å². The fourth-order valence-corrected chi connectivity index (χ4v) is 3.73. The molecule has 0 fully saturated rings. The van der Waals surface area contributed by atoms with E-state index in [1.807, 2.05) is 6.07 Å². The molecular formula is C24H18Cl2O5. The van der Waals surface area contributed by atoms with E-state index in [1.54, 1.807) is 68.8 Å². The van der Waals surface area contributed by atoms with Gasteiger partial charge in [-0.1, -0.05) is 29.3 Å². The van der Waals surface area contributed by atoms with E-state index in [2.05, 4.69) is 0 Å². The first-order valence-corrected chi connectivity index (χ1v) is 10.1. The van der Waals surface area contributed by atoms with Crippen molar-refractivity contribution in [3.05, 3.63) is 86.7 Å². The van der Waals surface area contributed by atoms with Crippen LogP contribution in [0.25, 0.3) is 22.1 Å². The molecule has 0 aliphatic rings. The molecule has 0 aliphatic heterocycles. The van der Waals surface area contributed by atoms with E-state index in [-0.39, 0.29) is 6.61 Å². The molecule has 3 aromatic carbocycles. The van der Waals surface area contributed by atoms with Gasteiger partial charge in [0.25, 0.3) is 0 Å². The van der Waals surface area contributed by atoms with Crippen LogP contribution in [0.1, 0.15) is 5.56 Å². The number of methoxy groups -OCH3 is 2. The average Bonchev–Trinajstić information content (AvgIpc) is 2.77. The van der Waals surface area contributed by atoms with E-state index in [4.69, 9.17) is 41.8 Å². The molecule has 4 aromatic rings. The van der Waals surface area contributed by atoms with Crippen molar-refractivity contribution >= 4 is 34.2 Å². The van der Waals surface area contributed by atoms with Crippen molar-refractivity contribution in [2.45, 2.75) is 6.61 Å².